The molecule has 1 N–H and O–H groups in total. The Morgan fingerprint density at radius 1 is 1.10 bits per heavy atom. The van der Waals surface area contributed by atoms with Gasteiger partial charge in [0.25, 0.3) is 11.5 Å². The zero-order valence-corrected chi connectivity index (χ0v) is 23.9. The van der Waals surface area contributed by atoms with Crippen LogP contribution in [0.1, 0.15) is 55.5 Å². The SMILES string of the molecule is CCCc1cc(=O)[nH]c(SCC(=O)N2N=C3/C(=C/c4ccc(OC)cc4)CCCC3C2c2ccc(OC)cc2)n1. The number of thioether (sulfide) groups is 1. The van der Waals surface area contributed by atoms with Crippen molar-refractivity contribution in [3.8, 4) is 11.5 Å². The van der Waals surface area contributed by atoms with E-state index in [9.17, 15) is 9.59 Å². The highest BCUT2D eigenvalue weighted by Gasteiger charge is 2.43. The molecule has 8 nitrogen and oxygen atoms in total. The number of hydrogen-bond acceptors (Lipinski definition) is 7. The number of carbonyl (C=O) groups excluding carboxylic acids is 1. The quantitative estimate of drug-likeness (QED) is 0.269. The Hall–Kier alpha value is -3.85. The lowest BCUT2D eigenvalue weighted by molar-refractivity contribution is -0.130. The van der Waals surface area contributed by atoms with Crippen LogP contribution in [0.4, 0.5) is 0 Å². The topological polar surface area (TPSA) is 96.9 Å². The van der Waals surface area contributed by atoms with Gasteiger partial charge in [-0.3, -0.25) is 9.59 Å². The van der Waals surface area contributed by atoms with E-state index >= 15 is 0 Å². The average molecular weight is 559 g/mol. The van der Waals surface area contributed by atoms with Crippen LogP contribution < -0.4 is 15.0 Å². The number of aromatic nitrogens is 2. The van der Waals surface area contributed by atoms with Gasteiger partial charge in [-0.15, -0.1) is 0 Å². The first-order valence-electron chi connectivity index (χ1n) is 13.6. The van der Waals surface area contributed by atoms with Crippen LogP contribution >= 0.6 is 11.8 Å². The predicted molar refractivity (Wildman–Crippen MR) is 158 cm³/mol. The molecule has 2 aromatic carbocycles. The Morgan fingerprint density at radius 3 is 2.48 bits per heavy atom. The van der Waals surface area contributed by atoms with Crippen LogP contribution in [0, 0.1) is 5.92 Å². The number of hydrogen-bond donors (Lipinski definition) is 1. The second kappa shape index (κ2) is 12.6. The first kappa shape index (κ1) is 27.7. The number of benzene rings is 2. The van der Waals surface area contributed by atoms with E-state index in [1.807, 2.05) is 55.5 Å². The van der Waals surface area contributed by atoms with Gasteiger partial charge >= 0.3 is 0 Å². The molecule has 0 bridgehead atoms. The van der Waals surface area contributed by atoms with E-state index < -0.39 is 0 Å². The van der Waals surface area contributed by atoms with Crippen molar-refractivity contribution in [1.29, 1.82) is 0 Å². The normalized spacial score (nSPS) is 19.3. The number of nitrogens with zero attached hydrogens (tertiary/aromatic N) is 3. The molecule has 9 heteroatoms. The van der Waals surface area contributed by atoms with E-state index in [-0.39, 0.29) is 29.2 Å². The molecule has 1 aliphatic heterocycles. The number of H-pyrrole nitrogens is 1. The molecule has 0 saturated heterocycles. The average Bonchev–Trinajstić information content (AvgIpc) is 3.37. The Bertz CT molecular complexity index is 1460. The fourth-order valence-corrected chi connectivity index (χ4v) is 6.12. The van der Waals surface area contributed by atoms with Gasteiger partial charge in [-0.1, -0.05) is 49.4 Å². The number of methoxy groups -OCH3 is 2. The number of aromatic amines is 1. The molecule has 5 rings (SSSR count). The minimum atomic E-state index is -0.216. The molecule has 1 fully saturated rings. The van der Waals surface area contributed by atoms with Crippen LogP contribution in [0.25, 0.3) is 6.08 Å². The Kier molecular flexibility index (Phi) is 8.69. The third kappa shape index (κ3) is 6.14. The maximum Gasteiger partial charge on any atom is 0.253 e. The van der Waals surface area contributed by atoms with Gasteiger partial charge in [0.1, 0.15) is 11.5 Å². The summed E-state index contributed by atoms with van der Waals surface area (Å²) in [7, 11) is 3.30. The molecule has 2 atom stereocenters. The first-order valence-corrected chi connectivity index (χ1v) is 14.6. The monoisotopic (exact) mass is 558 g/mol. The summed E-state index contributed by atoms with van der Waals surface area (Å²) >= 11 is 1.24. The van der Waals surface area contributed by atoms with Crippen LogP contribution in [0.15, 0.2) is 75.2 Å². The second-order valence-electron chi connectivity index (χ2n) is 9.96. The van der Waals surface area contributed by atoms with Crippen molar-refractivity contribution in [2.75, 3.05) is 20.0 Å². The predicted octanol–water partition coefficient (Wildman–Crippen LogP) is 5.65. The van der Waals surface area contributed by atoms with Crippen LogP contribution in [0.3, 0.4) is 0 Å². The molecule has 0 spiro atoms. The molecule has 3 aromatic rings. The molecule has 1 amide bonds. The number of amides is 1. The molecule has 1 saturated carbocycles. The smallest absolute Gasteiger partial charge is 0.253 e. The highest BCUT2D eigenvalue weighted by Crippen LogP contribution is 2.45. The van der Waals surface area contributed by atoms with E-state index in [1.54, 1.807) is 19.2 Å². The Labute approximate surface area is 238 Å². The summed E-state index contributed by atoms with van der Waals surface area (Å²) in [5.74, 6) is 1.66. The minimum absolute atomic E-state index is 0.0893. The summed E-state index contributed by atoms with van der Waals surface area (Å²) in [5, 5.41) is 7.07. The van der Waals surface area contributed by atoms with Gasteiger partial charge in [0.2, 0.25) is 0 Å². The van der Waals surface area contributed by atoms with Crippen LogP contribution in [-0.4, -0.2) is 46.6 Å². The molecule has 2 unspecified atom stereocenters. The molecule has 0 radical (unpaired) electrons. The molecular formula is C31H34N4O4S. The lowest BCUT2D eigenvalue weighted by atomic mass is 9.77. The van der Waals surface area contributed by atoms with E-state index in [4.69, 9.17) is 14.6 Å². The standard InChI is InChI=1S/C31H34N4O4S/c1-4-6-23-18-27(36)33-31(32-23)40-19-28(37)35-30(21-11-15-25(39-3)16-12-21)26-8-5-7-22(29(26)34-35)17-20-9-13-24(38-2)14-10-20/h9-18,26,30H,4-8,19H2,1-3H3,(H,32,33,36)/b22-17+. The Morgan fingerprint density at radius 2 is 1.80 bits per heavy atom. The molecule has 208 valence electrons. The third-order valence-corrected chi connectivity index (χ3v) is 8.14. The highest BCUT2D eigenvalue weighted by atomic mass is 32.2. The van der Waals surface area contributed by atoms with Crippen LogP contribution in [0.5, 0.6) is 11.5 Å². The van der Waals surface area contributed by atoms with E-state index in [1.165, 1.54) is 17.8 Å². The number of carbonyl (C=O) groups is 1. The van der Waals surface area contributed by atoms with Crippen LogP contribution in [0.2, 0.25) is 0 Å². The van der Waals surface area contributed by atoms with Crippen molar-refractivity contribution >= 4 is 29.5 Å². The number of nitrogens with one attached hydrogen (secondary N) is 1. The van der Waals surface area contributed by atoms with Gasteiger partial charge in [-0.2, -0.15) is 5.10 Å². The fourth-order valence-electron chi connectivity index (χ4n) is 5.38. The maximum atomic E-state index is 13.7. The molecular weight excluding hydrogens is 524 g/mol. The van der Waals surface area contributed by atoms with E-state index in [2.05, 4.69) is 16.0 Å². The lowest BCUT2D eigenvalue weighted by Gasteiger charge is -2.29. The number of allylic oxidation sites excluding steroid dienone is 1. The summed E-state index contributed by atoms with van der Waals surface area (Å²) < 4.78 is 10.7. The first-order chi connectivity index (χ1) is 19.5. The van der Waals surface area contributed by atoms with Gasteiger partial charge < -0.3 is 14.5 Å². The van der Waals surface area contributed by atoms with Crippen molar-refractivity contribution in [3.63, 3.8) is 0 Å². The van der Waals surface area contributed by atoms with Crippen LogP contribution in [-0.2, 0) is 11.2 Å². The van der Waals surface area contributed by atoms with Crippen molar-refractivity contribution in [2.45, 2.75) is 50.2 Å². The van der Waals surface area contributed by atoms with Gasteiger partial charge in [-0.25, -0.2) is 9.99 Å². The second-order valence-corrected chi connectivity index (χ2v) is 10.9. The zero-order valence-electron chi connectivity index (χ0n) is 23.1. The van der Waals surface area contributed by atoms with Gasteiger partial charge in [0, 0.05) is 17.7 Å². The largest absolute Gasteiger partial charge is 0.497 e. The van der Waals surface area contributed by atoms with E-state index in [0.29, 0.717) is 5.16 Å². The van der Waals surface area contributed by atoms with Crippen molar-refractivity contribution in [1.82, 2.24) is 15.0 Å². The number of hydrazone groups is 1. The van der Waals surface area contributed by atoms with Crippen molar-refractivity contribution in [3.05, 3.63) is 87.3 Å². The summed E-state index contributed by atoms with van der Waals surface area (Å²) in [6.07, 6.45) is 6.65. The van der Waals surface area contributed by atoms with Gasteiger partial charge in [-0.05, 0) is 72.7 Å². The van der Waals surface area contributed by atoms with Gasteiger partial charge in [0.05, 0.1) is 31.7 Å². The molecule has 2 heterocycles. The van der Waals surface area contributed by atoms with Crippen molar-refractivity contribution < 1.29 is 14.3 Å². The molecule has 1 aromatic heterocycles. The summed E-state index contributed by atoms with van der Waals surface area (Å²) in [6, 6.07) is 17.2. The highest BCUT2D eigenvalue weighted by molar-refractivity contribution is 7.99. The van der Waals surface area contributed by atoms with E-state index in [0.717, 1.165) is 71.7 Å². The lowest BCUT2D eigenvalue weighted by Crippen LogP contribution is -2.33. The molecule has 40 heavy (non-hydrogen) atoms. The number of fused-ring (bicyclic) bond motifs is 1. The summed E-state index contributed by atoms with van der Waals surface area (Å²) in [4.78, 5) is 33.1. The molecule has 2 aliphatic rings. The summed E-state index contributed by atoms with van der Waals surface area (Å²) in [5.41, 5.74) is 4.75. The number of rotatable bonds is 9. The van der Waals surface area contributed by atoms with Crippen molar-refractivity contribution in [2.24, 2.45) is 11.0 Å². The molecule has 1 aliphatic carbocycles. The summed E-state index contributed by atoms with van der Waals surface area (Å²) in [6.45, 7) is 2.04. The third-order valence-electron chi connectivity index (χ3n) is 7.28. The maximum absolute atomic E-state index is 13.7. The minimum Gasteiger partial charge on any atom is -0.497 e. The fraction of sp³-hybridized carbons (Fsp3) is 0.355. The number of ether oxygens (including phenoxy) is 2. The van der Waals surface area contributed by atoms with Gasteiger partial charge in [0.15, 0.2) is 5.16 Å². The number of aryl methyl sites for hydroxylation is 1. The zero-order chi connectivity index (χ0) is 28.1. The Balaban J connectivity index is 1.44.